The van der Waals surface area contributed by atoms with E-state index in [9.17, 15) is 4.79 Å². The number of ether oxygens (including phenoxy) is 1. The molecule has 0 saturated carbocycles. The molecule has 2 aliphatic rings. The SMILES string of the molecule is O=C(CCOCc1ccccc1)N1C[C@H]2CNC[C@H]2C1. The predicted molar refractivity (Wildman–Crippen MR) is 77.1 cm³/mol. The van der Waals surface area contributed by atoms with Gasteiger partial charge in [0.2, 0.25) is 5.91 Å². The maximum Gasteiger partial charge on any atom is 0.224 e. The molecule has 4 heteroatoms. The summed E-state index contributed by atoms with van der Waals surface area (Å²) < 4.78 is 5.58. The third-order valence-corrected chi connectivity index (χ3v) is 4.31. The lowest BCUT2D eigenvalue weighted by atomic mass is 10.0. The number of carbonyl (C=O) groups excluding carboxylic acids is 1. The van der Waals surface area contributed by atoms with Crippen molar-refractivity contribution in [3.8, 4) is 0 Å². The number of hydrogen-bond donors (Lipinski definition) is 1. The van der Waals surface area contributed by atoms with Gasteiger partial charge >= 0.3 is 0 Å². The minimum absolute atomic E-state index is 0.243. The Balaban J connectivity index is 1.35. The van der Waals surface area contributed by atoms with E-state index >= 15 is 0 Å². The zero-order valence-corrected chi connectivity index (χ0v) is 11.8. The molecule has 0 aliphatic carbocycles. The van der Waals surface area contributed by atoms with Crippen molar-refractivity contribution in [3.63, 3.8) is 0 Å². The van der Waals surface area contributed by atoms with Crippen LogP contribution < -0.4 is 5.32 Å². The van der Waals surface area contributed by atoms with Crippen molar-refractivity contribution in [2.75, 3.05) is 32.8 Å². The molecule has 0 unspecified atom stereocenters. The van der Waals surface area contributed by atoms with Crippen LogP contribution in [-0.4, -0.2) is 43.6 Å². The largest absolute Gasteiger partial charge is 0.376 e. The lowest BCUT2D eigenvalue weighted by molar-refractivity contribution is -0.131. The summed E-state index contributed by atoms with van der Waals surface area (Å²) in [6.07, 6.45) is 0.500. The summed E-state index contributed by atoms with van der Waals surface area (Å²) in [5.41, 5.74) is 1.15. The number of nitrogens with zero attached hydrogens (tertiary/aromatic N) is 1. The van der Waals surface area contributed by atoms with Crippen LogP contribution in [0.3, 0.4) is 0 Å². The maximum absolute atomic E-state index is 12.1. The van der Waals surface area contributed by atoms with Crippen LogP contribution >= 0.6 is 0 Å². The van der Waals surface area contributed by atoms with Crippen LogP contribution in [0.4, 0.5) is 0 Å². The molecule has 2 heterocycles. The molecule has 0 bridgehead atoms. The molecular weight excluding hydrogens is 252 g/mol. The van der Waals surface area contributed by atoms with Crippen LogP contribution in [0.25, 0.3) is 0 Å². The Labute approximate surface area is 120 Å². The number of amides is 1. The molecular formula is C16H22N2O2. The Kier molecular flexibility index (Phi) is 4.33. The Morgan fingerprint density at radius 3 is 2.60 bits per heavy atom. The van der Waals surface area contributed by atoms with Crippen LogP contribution in [0.2, 0.25) is 0 Å². The second-order valence-electron chi connectivity index (χ2n) is 5.77. The number of rotatable bonds is 5. The van der Waals surface area contributed by atoms with Crippen molar-refractivity contribution in [1.82, 2.24) is 10.2 Å². The quantitative estimate of drug-likeness (QED) is 0.822. The molecule has 3 rings (SSSR count). The highest BCUT2D eigenvalue weighted by molar-refractivity contribution is 5.76. The molecule has 4 nitrogen and oxygen atoms in total. The third-order valence-electron chi connectivity index (χ3n) is 4.31. The van der Waals surface area contributed by atoms with Gasteiger partial charge in [-0.2, -0.15) is 0 Å². The molecule has 2 aliphatic heterocycles. The molecule has 1 amide bonds. The van der Waals surface area contributed by atoms with Crippen LogP contribution in [0.5, 0.6) is 0 Å². The van der Waals surface area contributed by atoms with E-state index in [0.717, 1.165) is 31.7 Å². The van der Waals surface area contributed by atoms with E-state index in [0.29, 0.717) is 31.5 Å². The third kappa shape index (κ3) is 3.19. The van der Waals surface area contributed by atoms with E-state index in [-0.39, 0.29) is 5.91 Å². The van der Waals surface area contributed by atoms with Gasteiger partial charge in [0.05, 0.1) is 19.6 Å². The number of benzene rings is 1. The Morgan fingerprint density at radius 2 is 1.90 bits per heavy atom. The first-order valence-corrected chi connectivity index (χ1v) is 7.43. The second-order valence-corrected chi connectivity index (χ2v) is 5.77. The van der Waals surface area contributed by atoms with Gasteiger partial charge in [0.1, 0.15) is 0 Å². The standard InChI is InChI=1S/C16H22N2O2/c19-16(18-10-14-8-17-9-15(14)11-18)6-7-20-12-13-4-2-1-3-5-13/h1-5,14-15,17H,6-12H2/t14-,15+. The normalized spacial score (nSPS) is 24.9. The van der Waals surface area contributed by atoms with Gasteiger partial charge < -0.3 is 15.0 Å². The van der Waals surface area contributed by atoms with E-state index in [1.165, 1.54) is 0 Å². The van der Waals surface area contributed by atoms with Gasteiger partial charge in [-0.05, 0) is 17.4 Å². The summed E-state index contributed by atoms with van der Waals surface area (Å²) in [6, 6.07) is 10.1. The van der Waals surface area contributed by atoms with Gasteiger partial charge in [-0.3, -0.25) is 4.79 Å². The van der Waals surface area contributed by atoms with Crippen molar-refractivity contribution in [3.05, 3.63) is 35.9 Å². The highest BCUT2D eigenvalue weighted by Gasteiger charge is 2.37. The predicted octanol–water partition coefficient (Wildman–Crippen LogP) is 1.27. The smallest absolute Gasteiger partial charge is 0.224 e. The Bertz CT molecular complexity index is 437. The number of fused-ring (bicyclic) bond motifs is 1. The summed E-state index contributed by atoms with van der Waals surface area (Å²) in [6.45, 7) is 5.09. The lowest BCUT2D eigenvalue weighted by Crippen LogP contribution is -2.32. The molecule has 1 aromatic rings. The topological polar surface area (TPSA) is 41.6 Å². The molecule has 2 saturated heterocycles. The highest BCUT2D eigenvalue weighted by atomic mass is 16.5. The summed E-state index contributed by atoms with van der Waals surface area (Å²) in [7, 11) is 0. The van der Waals surface area contributed by atoms with Crippen molar-refractivity contribution >= 4 is 5.91 Å². The molecule has 2 fully saturated rings. The van der Waals surface area contributed by atoms with E-state index < -0.39 is 0 Å². The first-order chi connectivity index (χ1) is 9.83. The van der Waals surface area contributed by atoms with Gasteiger partial charge in [0.15, 0.2) is 0 Å². The fourth-order valence-corrected chi connectivity index (χ4v) is 3.14. The molecule has 2 atom stereocenters. The maximum atomic E-state index is 12.1. The first-order valence-electron chi connectivity index (χ1n) is 7.43. The minimum Gasteiger partial charge on any atom is -0.376 e. The fourth-order valence-electron chi connectivity index (χ4n) is 3.14. The summed E-state index contributed by atoms with van der Waals surface area (Å²) in [4.78, 5) is 14.1. The van der Waals surface area contributed by atoms with E-state index in [2.05, 4.69) is 5.32 Å². The van der Waals surface area contributed by atoms with Gasteiger partial charge in [0.25, 0.3) is 0 Å². The number of likely N-dealkylation sites (tertiary alicyclic amines) is 1. The summed E-state index contributed by atoms with van der Waals surface area (Å²) >= 11 is 0. The molecule has 108 valence electrons. The van der Waals surface area contributed by atoms with E-state index in [1.54, 1.807) is 0 Å². The summed E-state index contributed by atoms with van der Waals surface area (Å²) in [5.74, 6) is 1.58. The zero-order valence-electron chi connectivity index (χ0n) is 11.8. The number of nitrogens with one attached hydrogen (secondary N) is 1. The lowest BCUT2D eigenvalue weighted by Gasteiger charge is -2.17. The average molecular weight is 274 g/mol. The van der Waals surface area contributed by atoms with Crippen molar-refractivity contribution < 1.29 is 9.53 Å². The van der Waals surface area contributed by atoms with Crippen molar-refractivity contribution in [2.45, 2.75) is 13.0 Å². The van der Waals surface area contributed by atoms with Gasteiger partial charge in [0, 0.05) is 26.2 Å². The molecule has 0 spiro atoms. The van der Waals surface area contributed by atoms with Crippen LogP contribution in [0.15, 0.2) is 30.3 Å². The van der Waals surface area contributed by atoms with Gasteiger partial charge in [-0.15, -0.1) is 0 Å². The van der Waals surface area contributed by atoms with E-state index in [1.807, 2.05) is 35.2 Å². The molecule has 1 N–H and O–H groups in total. The molecule has 0 radical (unpaired) electrons. The fraction of sp³-hybridized carbons (Fsp3) is 0.562. The monoisotopic (exact) mass is 274 g/mol. The van der Waals surface area contributed by atoms with Crippen molar-refractivity contribution in [1.29, 1.82) is 0 Å². The first kappa shape index (κ1) is 13.6. The minimum atomic E-state index is 0.243. The number of hydrogen-bond acceptors (Lipinski definition) is 3. The highest BCUT2D eigenvalue weighted by Crippen LogP contribution is 2.26. The molecule has 20 heavy (non-hydrogen) atoms. The average Bonchev–Trinajstić information content (AvgIpc) is 3.05. The zero-order chi connectivity index (χ0) is 13.8. The Hall–Kier alpha value is -1.39. The van der Waals surface area contributed by atoms with Crippen LogP contribution in [-0.2, 0) is 16.1 Å². The van der Waals surface area contributed by atoms with Gasteiger partial charge in [-0.25, -0.2) is 0 Å². The van der Waals surface area contributed by atoms with Crippen LogP contribution in [0, 0.1) is 11.8 Å². The van der Waals surface area contributed by atoms with E-state index in [4.69, 9.17) is 4.74 Å². The Morgan fingerprint density at radius 1 is 1.20 bits per heavy atom. The van der Waals surface area contributed by atoms with Gasteiger partial charge in [-0.1, -0.05) is 30.3 Å². The molecule has 1 aromatic carbocycles. The van der Waals surface area contributed by atoms with Crippen molar-refractivity contribution in [2.24, 2.45) is 11.8 Å². The summed E-state index contributed by atoms with van der Waals surface area (Å²) in [5, 5.41) is 3.39. The number of carbonyl (C=O) groups is 1. The second kappa shape index (κ2) is 6.37. The molecule has 0 aromatic heterocycles. The van der Waals surface area contributed by atoms with Crippen LogP contribution in [0.1, 0.15) is 12.0 Å².